The zero-order valence-electron chi connectivity index (χ0n) is 9.24. The van der Waals surface area contributed by atoms with Crippen molar-refractivity contribution in [2.75, 3.05) is 11.1 Å². The summed E-state index contributed by atoms with van der Waals surface area (Å²) in [5.74, 6) is 0.330. The van der Waals surface area contributed by atoms with Crippen LogP contribution in [0.4, 0.5) is 15.8 Å². The van der Waals surface area contributed by atoms with Gasteiger partial charge in [-0.15, -0.1) is 0 Å². The van der Waals surface area contributed by atoms with E-state index in [-0.39, 0.29) is 5.02 Å². The topological polar surface area (TPSA) is 55.9 Å². The summed E-state index contributed by atoms with van der Waals surface area (Å²) in [6.07, 6.45) is 3.55. The standard InChI is InChI=1S/C11H12ClFN4/c1-17-3-2-15-11(17)6-16-10-4-7(12)8(13)5-9(10)14/h2-5,16H,6,14H2,1H3. The number of hydrogen-bond acceptors (Lipinski definition) is 3. The predicted molar refractivity (Wildman–Crippen MR) is 66.4 cm³/mol. The van der Waals surface area contributed by atoms with Gasteiger partial charge in [0.2, 0.25) is 0 Å². The monoisotopic (exact) mass is 254 g/mol. The third-order valence-corrected chi connectivity index (χ3v) is 2.74. The van der Waals surface area contributed by atoms with Crippen molar-refractivity contribution in [2.24, 2.45) is 7.05 Å². The quantitative estimate of drug-likeness (QED) is 0.827. The number of nitrogen functional groups attached to an aromatic ring is 1. The number of aromatic nitrogens is 2. The van der Waals surface area contributed by atoms with Gasteiger partial charge in [-0.2, -0.15) is 0 Å². The molecule has 1 aromatic heterocycles. The van der Waals surface area contributed by atoms with Crippen molar-refractivity contribution >= 4 is 23.0 Å². The number of nitrogens with zero attached hydrogens (tertiary/aromatic N) is 2. The van der Waals surface area contributed by atoms with Crippen LogP contribution in [0.25, 0.3) is 0 Å². The van der Waals surface area contributed by atoms with E-state index in [0.29, 0.717) is 17.9 Å². The van der Waals surface area contributed by atoms with Gasteiger partial charge in [0.15, 0.2) is 0 Å². The fourth-order valence-corrected chi connectivity index (χ4v) is 1.62. The normalized spacial score (nSPS) is 10.5. The van der Waals surface area contributed by atoms with Gasteiger partial charge in [0, 0.05) is 25.5 Å². The Kier molecular flexibility index (Phi) is 3.19. The number of rotatable bonds is 3. The molecule has 0 unspecified atom stereocenters. The van der Waals surface area contributed by atoms with Crippen molar-refractivity contribution in [1.82, 2.24) is 9.55 Å². The second-order valence-corrected chi connectivity index (χ2v) is 4.07. The van der Waals surface area contributed by atoms with Crippen molar-refractivity contribution in [3.8, 4) is 0 Å². The zero-order valence-corrected chi connectivity index (χ0v) is 10.0. The van der Waals surface area contributed by atoms with Crippen LogP contribution < -0.4 is 11.1 Å². The molecular weight excluding hydrogens is 243 g/mol. The Bertz CT molecular complexity index is 538. The van der Waals surface area contributed by atoms with Crippen LogP contribution in [0.1, 0.15) is 5.82 Å². The Hall–Kier alpha value is -1.75. The first-order valence-electron chi connectivity index (χ1n) is 5.02. The molecule has 17 heavy (non-hydrogen) atoms. The summed E-state index contributed by atoms with van der Waals surface area (Å²) in [7, 11) is 1.89. The van der Waals surface area contributed by atoms with Crippen LogP contribution in [0, 0.1) is 5.82 Å². The zero-order chi connectivity index (χ0) is 12.4. The Morgan fingerprint density at radius 1 is 1.53 bits per heavy atom. The Morgan fingerprint density at radius 3 is 2.94 bits per heavy atom. The van der Waals surface area contributed by atoms with E-state index in [1.165, 1.54) is 12.1 Å². The molecule has 6 heteroatoms. The molecule has 2 rings (SSSR count). The van der Waals surface area contributed by atoms with Crippen molar-refractivity contribution in [1.29, 1.82) is 0 Å². The van der Waals surface area contributed by atoms with Crippen LogP contribution in [0.3, 0.4) is 0 Å². The summed E-state index contributed by atoms with van der Waals surface area (Å²) in [6, 6.07) is 2.66. The summed E-state index contributed by atoms with van der Waals surface area (Å²) < 4.78 is 15.0. The maximum absolute atomic E-state index is 13.1. The van der Waals surface area contributed by atoms with E-state index in [0.717, 1.165) is 5.82 Å². The summed E-state index contributed by atoms with van der Waals surface area (Å²) in [4.78, 5) is 4.15. The molecule has 0 spiro atoms. The number of hydrogen-bond donors (Lipinski definition) is 2. The number of benzene rings is 1. The number of nitrogens with two attached hydrogens (primary N) is 1. The molecule has 0 atom stereocenters. The van der Waals surface area contributed by atoms with Gasteiger partial charge in [-0.25, -0.2) is 9.37 Å². The van der Waals surface area contributed by atoms with E-state index in [2.05, 4.69) is 10.3 Å². The highest BCUT2D eigenvalue weighted by Gasteiger charge is 2.07. The number of imidazole rings is 1. The minimum Gasteiger partial charge on any atom is -0.397 e. The van der Waals surface area contributed by atoms with Crippen LogP contribution in [-0.4, -0.2) is 9.55 Å². The Balaban J connectivity index is 2.14. The molecule has 3 N–H and O–H groups in total. The van der Waals surface area contributed by atoms with Crippen LogP contribution in [-0.2, 0) is 13.6 Å². The largest absolute Gasteiger partial charge is 0.397 e. The molecule has 90 valence electrons. The first kappa shape index (κ1) is 11.7. The van der Waals surface area contributed by atoms with Gasteiger partial charge in [-0.3, -0.25) is 0 Å². The number of aryl methyl sites for hydroxylation is 1. The lowest BCUT2D eigenvalue weighted by Crippen LogP contribution is -2.07. The molecule has 0 fully saturated rings. The smallest absolute Gasteiger partial charge is 0.143 e. The van der Waals surface area contributed by atoms with E-state index in [1.54, 1.807) is 6.20 Å². The van der Waals surface area contributed by atoms with Gasteiger partial charge < -0.3 is 15.6 Å². The van der Waals surface area contributed by atoms with Crippen molar-refractivity contribution < 1.29 is 4.39 Å². The SMILES string of the molecule is Cn1ccnc1CNc1cc(Cl)c(F)cc1N. The third kappa shape index (κ3) is 2.50. The summed E-state index contributed by atoms with van der Waals surface area (Å²) in [6.45, 7) is 0.496. The van der Waals surface area contributed by atoms with Crippen LogP contribution in [0.2, 0.25) is 5.02 Å². The molecule has 0 radical (unpaired) electrons. The van der Waals surface area contributed by atoms with Crippen LogP contribution in [0.15, 0.2) is 24.5 Å². The average molecular weight is 255 g/mol. The highest BCUT2D eigenvalue weighted by molar-refractivity contribution is 6.31. The molecule has 0 aliphatic rings. The Labute approximate surface area is 103 Å². The van der Waals surface area contributed by atoms with Crippen molar-refractivity contribution in [3.63, 3.8) is 0 Å². The second kappa shape index (κ2) is 4.63. The highest BCUT2D eigenvalue weighted by atomic mass is 35.5. The van der Waals surface area contributed by atoms with Gasteiger partial charge in [0.25, 0.3) is 0 Å². The lowest BCUT2D eigenvalue weighted by molar-refractivity contribution is 0.629. The number of nitrogens with one attached hydrogen (secondary N) is 1. The first-order chi connectivity index (χ1) is 8.08. The van der Waals surface area contributed by atoms with E-state index in [9.17, 15) is 4.39 Å². The molecule has 0 aliphatic carbocycles. The average Bonchev–Trinajstić information content (AvgIpc) is 2.68. The maximum atomic E-state index is 13.1. The fraction of sp³-hybridized carbons (Fsp3) is 0.182. The minimum absolute atomic E-state index is 0.0431. The van der Waals surface area contributed by atoms with Gasteiger partial charge in [-0.1, -0.05) is 11.6 Å². The first-order valence-corrected chi connectivity index (χ1v) is 5.40. The number of halogens is 2. The van der Waals surface area contributed by atoms with Gasteiger partial charge in [0.1, 0.15) is 11.6 Å². The predicted octanol–water partition coefficient (Wildman–Crippen LogP) is 2.41. The third-order valence-electron chi connectivity index (χ3n) is 2.45. The molecule has 0 amide bonds. The van der Waals surface area contributed by atoms with E-state index in [1.807, 2.05) is 17.8 Å². The van der Waals surface area contributed by atoms with E-state index >= 15 is 0 Å². The van der Waals surface area contributed by atoms with Crippen molar-refractivity contribution in [3.05, 3.63) is 41.2 Å². The molecular formula is C11H12ClFN4. The molecule has 4 nitrogen and oxygen atoms in total. The minimum atomic E-state index is -0.522. The lowest BCUT2D eigenvalue weighted by Gasteiger charge is -2.10. The lowest BCUT2D eigenvalue weighted by atomic mass is 10.2. The van der Waals surface area contributed by atoms with Gasteiger partial charge in [-0.05, 0) is 6.07 Å². The molecule has 1 heterocycles. The highest BCUT2D eigenvalue weighted by Crippen LogP contribution is 2.26. The van der Waals surface area contributed by atoms with E-state index in [4.69, 9.17) is 17.3 Å². The molecule has 2 aromatic rings. The van der Waals surface area contributed by atoms with E-state index < -0.39 is 5.82 Å². The maximum Gasteiger partial charge on any atom is 0.143 e. The molecule has 0 saturated heterocycles. The van der Waals surface area contributed by atoms with Crippen LogP contribution in [0.5, 0.6) is 0 Å². The second-order valence-electron chi connectivity index (χ2n) is 3.66. The molecule has 1 aromatic carbocycles. The molecule has 0 aliphatic heterocycles. The van der Waals surface area contributed by atoms with Crippen molar-refractivity contribution in [2.45, 2.75) is 6.54 Å². The molecule has 0 bridgehead atoms. The summed E-state index contributed by atoms with van der Waals surface area (Å²) in [5.41, 5.74) is 6.60. The van der Waals surface area contributed by atoms with Crippen LogP contribution >= 0.6 is 11.6 Å². The summed E-state index contributed by atoms with van der Waals surface area (Å²) in [5, 5.41) is 3.11. The van der Waals surface area contributed by atoms with Gasteiger partial charge in [0.05, 0.1) is 22.9 Å². The fourth-order valence-electron chi connectivity index (χ4n) is 1.46. The van der Waals surface area contributed by atoms with Gasteiger partial charge >= 0.3 is 0 Å². The molecule has 0 saturated carbocycles. The summed E-state index contributed by atoms with van der Waals surface area (Å²) >= 11 is 5.69. The number of anilines is 2. The Morgan fingerprint density at radius 2 is 2.29 bits per heavy atom.